The molecule has 0 fully saturated rings. The molecule has 0 aliphatic carbocycles. The standard InChI is InChI=1S/C12H13BrN2O3S/c1-8-2-3-9(19(14,16)17)6-11(8)15-7-12-10(13)4-5-18-12/h2-6,15H,7H2,1H3,(H2,14,16,17). The third-order valence-electron chi connectivity index (χ3n) is 2.67. The monoisotopic (exact) mass is 344 g/mol. The number of furan rings is 1. The van der Waals surface area contributed by atoms with Gasteiger partial charge in [-0.2, -0.15) is 0 Å². The highest BCUT2D eigenvalue weighted by atomic mass is 79.9. The molecule has 3 N–H and O–H groups in total. The zero-order valence-corrected chi connectivity index (χ0v) is 12.6. The van der Waals surface area contributed by atoms with Crippen LogP contribution in [0.3, 0.4) is 0 Å². The molecular formula is C12H13BrN2O3S. The van der Waals surface area contributed by atoms with Gasteiger partial charge in [0.05, 0.1) is 22.2 Å². The van der Waals surface area contributed by atoms with Gasteiger partial charge in [-0.3, -0.25) is 0 Å². The Bertz CT molecular complexity index is 695. The highest BCUT2D eigenvalue weighted by Crippen LogP contribution is 2.22. The number of aryl methyl sites for hydroxylation is 1. The molecule has 1 heterocycles. The van der Waals surface area contributed by atoms with Crippen molar-refractivity contribution in [3.63, 3.8) is 0 Å². The highest BCUT2D eigenvalue weighted by Gasteiger charge is 2.10. The van der Waals surface area contributed by atoms with Crippen LogP contribution in [-0.4, -0.2) is 8.42 Å². The number of benzene rings is 1. The first-order chi connectivity index (χ1) is 8.88. The SMILES string of the molecule is Cc1ccc(S(N)(=O)=O)cc1NCc1occc1Br. The van der Waals surface area contributed by atoms with Crippen LogP contribution in [0.5, 0.6) is 0 Å². The molecule has 0 unspecified atom stereocenters. The summed E-state index contributed by atoms with van der Waals surface area (Å²) in [5.41, 5.74) is 1.63. The number of nitrogens with one attached hydrogen (secondary N) is 1. The Morgan fingerprint density at radius 2 is 2.11 bits per heavy atom. The van der Waals surface area contributed by atoms with Crippen LogP contribution in [0.1, 0.15) is 11.3 Å². The summed E-state index contributed by atoms with van der Waals surface area (Å²) in [6, 6.07) is 6.50. The van der Waals surface area contributed by atoms with Crippen LogP contribution in [0.15, 0.2) is 44.3 Å². The van der Waals surface area contributed by atoms with Gasteiger partial charge in [0.2, 0.25) is 10.0 Å². The first-order valence-corrected chi connectivity index (χ1v) is 7.81. The normalized spacial score (nSPS) is 11.5. The van der Waals surface area contributed by atoms with Gasteiger partial charge in [0.1, 0.15) is 5.76 Å². The van der Waals surface area contributed by atoms with Gasteiger partial charge >= 0.3 is 0 Å². The van der Waals surface area contributed by atoms with E-state index in [2.05, 4.69) is 21.2 Å². The maximum atomic E-state index is 11.3. The minimum atomic E-state index is -3.70. The zero-order chi connectivity index (χ0) is 14.0. The Morgan fingerprint density at radius 1 is 1.37 bits per heavy atom. The summed E-state index contributed by atoms with van der Waals surface area (Å²) in [5.74, 6) is 0.736. The first-order valence-electron chi connectivity index (χ1n) is 5.47. The van der Waals surface area contributed by atoms with E-state index in [1.807, 2.05) is 6.92 Å². The average Bonchev–Trinajstić information content (AvgIpc) is 2.72. The van der Waals surface area contributed by atoms with Crippen molar-refractivity contribution in [3.8, 4) is 0 Å². The lowest BCUT2D eigenvalue weighted by atomic mass is 10.2. The summed E-state index contributed by atoms with van der Waals surface area (Å²) in [7, 11) is -3.70. The predicted octanol–water partition coefficient (Wildman–Crippen LogP) is 2.61. The van der Waals surface area contributed by atoms with E-state index < -0.39 is 10.0 Å². The fourth-order valence-electron chi connectivity index (χ4n) is 1.60. The predicted molar refractivity (Wildman–Crippen MR) is 76.3 cm³/mol. The molecule has 0 spiro atoms. The Labute approximate surface area is 120 Å². The molecule has 2 aromatic rings. The summed E-state index contributed by atoms with van der Waals surface area (Å²) in [4.78, 5) is 0.0825. The number of primary sulfonamides is 1. The maximum absolute atomic E-state index is 11.3. The van der Waals surface area contributed by atoms with Crippen molar-refractivity contribution in [1.29, 1.82) is 0 Å². The van der Waals surface area contributed by atoms with Crippen molar-refractivity contribution in [2.75, 3.05) is 5.32 Å². The molecule has 0 saturated heterocycles. The van der Waals surface area contributed by atoms with Crippen molar-refractivity contribution in [3.05, 3.63) is 46.3 Å². The fourth-order valence-corrected chi connectivity index (χ4v) is 2.48. The number of rotatable bonds is 4. The van der Waals surface area contributed by atoms with Gasteiger partial charge < -0.3 is 9.73 Å². The molecule has 1 aromatic carbocycles. The largest absolute Gasteiger partial charge is 0.466 e. The molecule has 7 heteroatoms. The number of anilines is 1. The van der Waals surface area contributed by atoms with Gasteiger partial charge in [-0.05, 0) is 46.6 Å². The van der Waals surface area contributed by atoms with E-state index in [1.54, 1.807) is 18.4 Å². The minimum absolute atomic E-state index is 0.0825. The molecule has 0 saturated carbocycles. The molecule has 0 aliphatic heterocycles. The molecular weight excluding hydrogens is 332 g/mol. The second-order valence-corrected chi connectivity index (χ2v) is 6.48. The summed E-state index contributed by atoms with van der Waals surface area (Å²) in [6.45, 7) is 2.33. The lowest BCUT2D eigenvalue weighted by Gasteiger charge is -2.10. The van der Waals surface area contributed by atoms with Crippen LogP contribution < -0.4 is 10.5 Å². The zero-order valence-electron chi connectivity index (χ0n) is 10.2. The highest BCUT2D eigenvalue weighted by molar-refractivity contribution is 9.10. The van der Waals surface area contributed by atoms with Gasteiger partial charge in [0.25, 0.3) is 0 Å². The van der Waals surface area contributed by atoms with Gasteiger partial charge in [-0.1, -0.05) is 6.07 Å². The van der Waals surface area contributed by atoms with E-state index in [0.717, 1.165) is 15.8 Å². The van der Waals surface area contributed by atoms with Gasteiger partial charge in [0, 0.05) is 5.69 Å². The van der Waals surface area contributed by atoms with Gasteiger partial charge in [0.15, 0.2) is 0 Å². The third-order valence-corrected chi connectivity index (χ3v) is 4.29. The van der Waals surface area contributed by atoms with E-state index in [9.17, 15) is 8.42 Å². The fraction of sp³-hybridized carbons (Fsp3) is 0.167. The Hall–Kier alpha value is -1.31. The summed E-state index contributed by atoms with van der Waals surface area (Å²) < 4.78 is 28.7. The molecule has 0 radical (unpaired) electrons. The van der Waals surface area contributed by atoms with Crippen molar-refractivity contribution < 1.29 is 12.8 Å². The molecule has 0 atom stereocenters. The summed E-state index contributed by atoms with van der Waals surface area (Å²) >= 11 is 3.35. The van der Waals surface area contributed by atoms with E-state index in [4.69, 9.17) is 9.56 Å². The number of hydrogen-bond acceptors (Lipinski definition) is 4. The summed E-state index contributed by atoms with van der Waals surface area (Å²) in [5, 5.41) is 8.23. The topological polar surface area (TPSA) is 85.3 Å². The smallest absolute Gasteiger partial charge is 0.238 e. The van der Waals surface area contributed by atoms with E-state index in [1.165, 1.54) is 12.1 Å². The number of sulfonamides is 1. The van der Waals surface area contributed by atoms with E-state index >= 15 is 0 Å². The Balaban J connectivity index is 2.23. The van der Waals surface area contributed by atoms with Crippen molar-refractivity contribution in [2.45, 2.75) is 18.4 Å². The molecule has 1 aromatic heterocycles. The maximum Gasteiger partial charge on any atom is 0.238 e. The van der Waals surface area contributed by atoms with Crippen molar-refractivity contribution in [2.24, 2.45) is 5.14 Å². The molecule has 102 valence electrons. The Kier molecular flexibility index (Phi) is 3.98. The molecule has 0 amide bonds. The lowest BCUT2D eigenvalue weighted by Crippen LogP contribution is -2.13. The van der Waals surface area contributed by atoms with E-state index in [-0.39, 0.29) is 4.90 Å². The van der Waals surface area contributed by atoms with Crippen molar-refractivity contribution >= 4 is 31.6 Å². The Morgan fingerprint density at radius 3 is 2.68 bits per heavy atom. The van der Waals surface area contributed by atoms with Gasteiger partial charge in [-0.25, -0.2) is 13.6 Å². The van der Waals surface area contributed by atoms with Crippen LogP contribution in [0, 0.1) is 6.92 Å². The molecule has 19 heavy (non-hydrogen) atoms. The van der Waals surface area contributed by atoms with E-state index in [0.29, 0.717) is 12.2 Å². The molecule has 2 rings (SSSR count). The van der Waals surface area contributed by atoms with Crippen molar-refractivity contribution in [1.82, 2.24) is 0 Å². The summed E-state index contributed by atoms with van der Waals surface area (Å²) in [6.07, 6.45) is 1.58. The van der Waals surface area contributed by atoms with Crippen LogP contribution in [0.25, 0.3) is 0 Å². The molecule has 0 aliphatic rings. The van der Waals surface area contributed by atoms with Crippen LogP contribution in [-0.2, 0) is 16.6 Å². The second kappa shape index (κ2) is 5.36. The van der Waals surface area contributed by atoms with Crippen LogP contribution in [0.2, 0.25) is 0 Å². The number of nitrogens with two attached hydrogens (primary N) is 1. The molecule has 0 bridgehead atoms. The minimum Gasteiger partial charge on any atom is -0.466 e. The first kappa shape index (κ1) is 14.1. The quantitative estimate of drug-likeness (QED) is 0.892. The third kappa shape index (κ3) is 3.37. The van der Waals surface area contributed by atoms with Gasteiger partial charge in [-0.15, -0.1) is 0 Å². The number of hydrogen-bond donors (Lipinski definition) is 2. The van der Waals surface area contributed by atoms with Crippen LogP contribution in [0.4, 0.5) is 5.69 Å². The second-order valence-electron chi connectivity index (χ2n) is 4.07. The lowest BCUT2D eigenvalue weighted by molar-refractivity contribution is 0.516. The number of halogens is 1. The average molecular weight is 345 g/mol. The molecule has 5 nitrogen and oxygen atoms in total. The van der Waals surface area contributed by atoms with Crippen LogP contribution >= 0.6 is 15.9 Å².